The highest BCUT2D eigenvalue weighted by atomic mass is 16.5. The number of fused-ring (bicyclic) bond motifs is 1. The van der Waals surface area contributed by atoms with Crippen molar-refractivity contribution in [3.63, 3.8) is 0 Å². The van der Waals surface area contributed by atoms with Crippen LogP contribution in [0, 0.1) is 6.92 Å². The molecule has 1 amide bonds. The van der Waals surface area contributed by atoms with Crippen LogP contribution in [0.5, 0.6) is 11.5 Å². The quantitative estimate of drug-likeness (QED) is 0.540. The second-order valence-corrected chi connectivity index (χ2v) is 5.84. The molecular formula is C21H20N2O3. The predicted molar refractivity (Wildman–Crippen MR) is 103 cm³/mol. The Labute approximate surface area is 151 Å². The molecule has 0 heterocycles. The SMILES string of the molecule is CCOc1cc(/C=N\NC(=O)c2c(C)ccc3ccccc23)ccc1O. The van der Waals surface area contributed by atoms with Crippen LogP contribution < -0.4 is 10.2 Å². The average Bonchev–Trinajstić information content (AvgIpc) is 2.64. The summed E-state index contributed by atoms with van der Waals surface area (Å²) in [5, 5.41) is 15.7. The molecule has 0 aliphatic rings. The zero-order chi connectivity index (χ0) is 18.5. The van der Waals surface area contributed by atoms with Gasteiger partial charge in [-0.05, 0) is 53.9 Å². The van der Waals surface area contributed by atoms with Crippen molar-refractivity contribution in [2.75, 3.05) is 6.61 Å². The van der Waals surface area contributed by atoms with E-state index in [1.807, 2.05) is 50.2 Å². The van der Waals surface area contributed by atoms with Crippen LogP contribution in [0.15, 0.2) is 59.7 Å². The summed E-state index contributed by atoms with van der Waals surface area (Å²) in [5.41, 5.74) is 4.78. The highest BCUT2D eigenvalue weighted by Gasteiger charge is 2.12. The number of phenols is 1. The second-order valence-electron chi connectivity index (χ2n) is 5.84. The lowest BCUT2D eigenvalue weighted by Crippen LogP contribution is -2.19. The summed E-state index contributed by atoms with van der Waals surface area (Å²) >= 11 is 0. The molecule has 0 aliphatic heterocycles. The van der Waals surface area contributed by atoms with E-state index < -0.39 is 0 Å². The molecule has 0 aromatic heterocycles. The predicted octanol–water partition coefficient (Wildman–Crippen LogP) is 4.02. The van der Waals surface area contributed by atoms with E-state index in [2.05, 4.69) is 10.5 Å². The highest BCUT2D eigenvalue weighted by molar-refractivity contribution is 6.08. The summed E-state index contributed by atoms with van der Waals surface area (Å²) in [5.74, 6) is 0.187. The second kappa shape index (κ2) is 7.70. The highest BCUT2D eigenvalue weighted by Crippen LogP contribution is 2.26. The first-order valence-corrected chi connectivity index (χ1v) is 8.37. The van der Waals surface area contributed by atoms with Gasteiger partial charge in [-0.2, -0.15) is 5.10 Å². The van der Waals surface area contributed by atoms with Gasteiger partial charge in [0.2, 0.25) is 0 Å². The van der Waals surface area contributed by atoms with E-state index in [0.717, 1.165) is 16.3 Å². The summed E-state index contributed by atoms with van der Waals surface area (Å²) < 4.78 is 5.34. The fraction of sp³-hybridized carbons (Fsp3) is 0.143. The number of phenolic OH excluding ortho intramolecular Hbond substituents is 1. The number of hydrazone groups is 1. The number of nitrogens with one attached hydrogen (secondary N) is 1. The first-order chi connectivity index (χ1) is 12.6. The van der Waals surface area contributed by atoms with E-state index in [-0.39, 0.29) is 11.7 Å². The minimum absolute atomic E-state index is 0.0689. The third kappa shape index (κ3) is 3.67. The number of aryl methyl sites for hydroxylation is 1. The van der Waals surface area contributed by atoms with Crippen LogP contribution in [0.25, 0.3) is 10.8 Å². The Hall–Kier alpha value is -3.34. The lowest BCUT2D eigenvalue weighted by molar-refractivity contribution is 0.0956. The van der Waals surface area contributed by atoms with Gasteiger partial charge >= 0.3 is 0 Å². The van der Waals surface area contributed by atoms with Crippen molar-refractivity contribution in [1.82, 2.24) is 5.43 Å². The Bertz CT molecular complexity index is 980. The molecule has 5 heteroatoms. The van der Waals surface area contributed by atoms with E-state index in [0.29, 0.717) is 23.5 Å². The molecule has 0 saturated carbocycles. The minimum atomic E-state index is -0.264. The summed E-state index contributed by atoms with van der Waals surface area (Å²) in [6.45, 7) is 4.19. The van der Waals surface area contributed by atoms with Crippen molar-refractivity contribution in [2.45, 2.75) is 13.8 Å². The molecule has 0 unspecified atom stereocenters. The van der Waals surface area contributed by atoms with Crippen molar-refractivity contribution >= 4 is 22.9 Å². The number of amides is 1. The minimum Gasteiger partial charge on any atom is -0.504 e. The molecule has 0 bridgehead atoms. The Balaban J connectivity index is 1.80. The fourth-order valence-corrected chi connectivity index (χ4v) is 2.79. The molecule has 132 valence electrons. The Morgan fingerprint density at radius 1 is 1.19 bits per heavy atom. The number of carbonyl (C=O) groups is 1. The number of aromatic hydroxyl groups is 1. The smallest absolute Gasteiger partial charge is 0.272 e. The van der Waals surface area contributed by atoms with Crippen LogP contribution in [-0.2, 0) is 0 Å². The van der Waals surface area contributed by atoms with E-state index in [1.54, 1.807) is 12.1 Å². The number of rotatable bonds is 5. The number of carbonyl (C=O) groups excluding carboxylic acids is 1. The first-order valence-electron chi connectivity index (χ1n) is 8.37. The molecule has 0 saturated heterocycles. The van der Waals surface area contributed by atoms with Crippen LogP contribution in [0.4, 0.5) is 0 Å². The molecule has 3 aromatic rings. The number of nitrogens with zero attached hydrogens (tertiary/aromatic N) is 1. The number of benzene rings is 3. The summed E-state index contributed by atoms with van der Waals surface area (Å²) in [6, 6.07) is 16.6. The maximum absolute atomic E-state index is 12.6. The van der Waals surface area contributed by atoms with Crippen molar-refractivity contribution in [3.8, 4) is 11.5 Å². The van der Waals surface area contributed by atoms with E-state index in [4.69, 9.17) is 4.74 Å². The largest absolute Gasteiger partial charge is 0.504 e. The maximum Gasteiger partial charge on any atom is 0.272 e. The molecule has 0 aliphatic carbocycles. The van der Waals surface area contributed by atoms with Gasteiger partial charge in [-0.1, -0.05) is 36.4 Å². The molecule has 0 spiro atoms. The van der Waals surface area contributed by atoms with E-state index >= 15 is 0 Å². The molecule has 2 N–H and O–H groups in total. The molecular weight excluding hydrogens is 328 g/mol. The average molecular weight is 348 g/mol. The lowest BCUT2D eigenvalue weighted by Gasteiger charge is -2.09. The zero-order valence-corrected chi connectivity index (χ0v) is 14.7. The number of hydrogen-bond donors (Lipinski definition) is 2. The molecule has 5 nitrogen and oxygen atoms in total. The van der Waals surface area contributed by atoms with Crippen molar-refractivity contribution < 1.29 is 14.6 Å². The molecule has 0 fully saturated rings. The van der Waals surface area contributed by atoms with E-state index in [9.17, 15) is 9.90 Å². The van der Waals surface area contributed by atoms with Gasteiger partial charge in [-0.15, -0.1) is 0 Å². The Kier molecular flexibility index (Phi) is 5.17. The third-order valence-electron chi connectivity index (χ3n) is 4.03. The number of ether oxygens (including phenoxy) is 1. The topological polar surface area (TPSA) is 70.9 Å². The molecule has 3 rings (SSSR count). The van der Waals surface area contributed by atoms with E-state index in [1.165, 1.54) is 12.3 Å². The standard InChI is InChI=1S/C21H20N2O3/c1-3-26-19-12-15(9-11-18(19)24)13-22-23-21(25)20-14(2)8-10-16-6-4-5-7-17(16)20/h4-13,24H,3H2,1-2H3,(H,23,25)/b22-13-. The van der Waals surface area contributed by atoms with Crippen LogP contribution >= 0.6 is 0 Å². The van der Waals surface area contributed by atoms with Gasteiger partial charge < -0.3 is 9.84 Å². The monoisotopic (exact) mass is 348 g/mol. The van der Waals surface area contributed by atoms with Gasteiger partial charge in [-0.3, -0.25) is 4.79 Å². The maximum atomic E-state index is 12.6. The summed E-state index contributed by atoms with van der Waals surface area (Å²) in [4.78, 5) is 12.6. The van der Waals surface area contributed by atoms with Crippen molar-refractivity contribution in [1.29, 1.82) is 0 Å². The van der Waals surface area contributed by atoms with Crippen LogP contribution in [0.3, 0.4) is 0 Å². The molecule has 3 aromatic carbocycles. The van der Waals surface area contributed by atoms with Crippen molar-refractivity contribution in [3.05, 3.63) is 71.3 Å². The summed E-state index contributed by atoms with van der Waals surface area (Å²) in [7, 11) is 0. The normalized spacial score (nSPS) is 11.0. The van der Waals surface area contributed by atoms with Gasteiger partial charge in [0, 0.05) is 0 Å². The number of hydrogen-bond acceptors (Lipinski definition) is 4. The Morgan fingerprint density at radius 2 is 2.00 bits per heavy atom. The van der Waals surface area contributed by atoms with Crippen LogP contribution in [0.2, 0.25) is 0 Å². The lowest BCUT2D eigenvalue weighted by atomic mass is 9.99. The molecule has 26 heavy (non-hydrogen) atoms. The van der Waals surface area contributed by atoms with Gasteiger partial charge in [0.05, 0.1) is 18.4 Å². The molecule has 0 radical (unpaired) electrons. The van der Waals surface area contributed by atoms with Crippen LogP contribution in [0.1, 0.15) is 28.4 Å². The fourth-order valence-electron chi connectivity index (χ4n) is 2.79. The van der Waals surface area contributed by atoms with Gasteiger partial charge in [0.25, 0.3) is 5.91 Å². The first kappa shape index (κ1) is 17.5. The van der Waals surface area contributed by atoms with Crippen LogP contribution in [-0.4, -0.2) is 23.8 Å². The van der Waals surface area contributed by atoms with Gasteiger partial charge in [0.15, 0.2) is 11.5 Å². The zero-order valence-electron chi connectivity index (χ0n) is 14.7. The van der Waals surface area contributed by atoms with Gasteiger partial charge in [0.1, 0.15) is 0 Å². The Morgan fingerprint density at radius 3 is 2.81 bits per heavy atom. The summed E-state index contributed by atoms with van der Waals surface area (Å²) in [6.07, 6.45) is 1.51. The van der Waals surface area contributed by atoms with Gasteiger partial charge in [-0.25, -0.2) is 5.43 Å². The molecule has 0 atom stereocenters. The third-order valence-corrected chi connectivity index (χ3v) is 4.03. The van der Waals surface area contributed by atoms with Crippen molar-refractivity contribution in [2.24, 2.45) is 5.10 Å².